The summed E-state index contributed by atoms with van der Waals surface area (Å²) in [4.78, 5) is 28.1. The summed E-state index contributed by atoms with van der Waals surface area (Å²) in [6.07, 6.45) is 2.50. The Bertz CT molecular complexity index is 1700. The molecule has 0 aliphatic carbocycles. The number of carbonyl (C=O) groups is 1. The van der Waals surface area contributed by atoms with Gasteiger partial charge in [-0.1, -0.05) is 26.8 Å². The Balaban J connectivity index is 0.00000204. The first-order valence-corrected chi connectivity index (χ1v) is 17.3. The number of rotatable bonds is 10. The van der Waals surface area contributed by atoms with E-state index in [1.54, 1.807) is 11.3 Å². The van der Waals surface area contributed by atoms with Gasteiger partial charge >= 0.3 is 0 Å². The number of benzene rings is 1. The second kappa shape index (κ2) is 15.2. The molecule has 4 N–H and O–H groups in total. The fourth-order valence-corrected chi connectivity index (χ4v) is 7.35. The number of anilines is 2. The minimum Gasteiger partial charge on any atom is -0.367 e. The summed E-state index contributed by atoms with van der Waals surface area (Å²) in [6, 6.07) is 11.4. The maximum atomic E-state index is 11.6. The summed E-state index contributed by atoms with van der Waals surface area (Å²) in [5, 5.41) is 19.0. The number of likely N-dealkylation sites (tertiary alicyclic amines) is 1. The lowest BCUT2D eigenvalue weighted by atomic mass is 10.0. The average molecular weight is 646 g/mol. The highest BCUT2D eigenvalue weighted by Gasteiger charge is 2.25. The number of primary amides is 1. The molecule has 0 spiro atoms. The van der Waals surface area contributed by atoms with Crippen LogP contribution in [0.3, 0.4) is 0 Å². The molecular formula is C34H47N9O2S. The van der Waals surface area contributed by atoms with Crippen molar-refractivity contribution in [3.8, 4) is 6.07 Å². The van der Waals surface area contributed by atoms with Gasteiger partial charge in [0.15, 0.2) is 0 Å². The maximum absolute atomic E-state index is 11.6. The average Bonchev–Trinajstić information content (AvgIpc) is 3.68. The van der Waals surface area contributed by atoms with E-state index in [2.05, 4.69) is 68.1 Å². The number of nitrogens with one attached hydrogen (secondary N) is 2. The molecule has 0 radical (unpaired) electrons. The largest absolute Gasteiger partial charge is 0.367 e. The van der Waals surface area contributed by atoms with Gasteiger partial charge in [-0.05, 0) is 55.5 Å². The first-order chi connectivity index (χ1) is 22.4. The van der Waals surface area contributed by atoms with Crippen LogP contribution in [0.25, 0.3) is 21.1 Å². The van der Waals surface area contributed by atoms with Gasteiger partial charge in [0.25, 0.3) is 0 Å². The zero-order valence-corrected chi connectivity index (χ0v) is 28.5. The smallest absolute Gasteiger partial charge is 0.247 e. The molecule has 2 aliphatic heterocycles. The van der Waals surface area contributed by atoms with E-state index in [4.69, 9.17) is 15.5 Å². The number of nitrogens with zero attached hydrogens (tertiary/aromatic N) is 6. The summed E-state index contributed by atoms with van der Waals surface area (Å²) >= 11 is 1.74. The first kappa shape index (κ1) is 33.6. The van der Waals surface area contributed by atoms with Gasteiger partial charge in [-0.25, -0.2) is 4.98 Å². The van der Waals surface area contributed by atoms with E-state index < -0.39 is 12.0 Å². The molecule has 2 aliphatic rings. The Hall–Kier alpha value is -3.76. The minimum absolute atomic E-state index is 0.361. The molecule has 1 atom stereocenters. The summed E-state index contributed by atoms with van der Waals surface area (Å²) in [5.41, 5.74) is 9.71. The molecule has 1 aromatic carbocycles. The quantitative estimate of drug-likeness (QED) is 0.224. The van der Waals surface area contributed by atoms with Gasteiger partial charge < -0.3 is 25.7 Å². The van der Waals surface area contributed by atoms with Crippen molar-refractivity contribution in [2.45, 2.75) is 72.2 Å². The SMILES string of the molecule is CC.CCc1cc2c(NC3CCN(Cc4ccc5c(cc(C#N)n5CCN5CCOC(C(N)=O)C5)c4C)CC3)nc(NC)nc2s1. The van der Waals surface area contributed by atoms with Gasteiger partial charge in [-0.15, -0.1) is 11.3 Å². The Labute approximate surface area is 275 Å². The summed E-state index contributed by atoms with van der Waals surface area (Å²) in [6.45, 7) is 14.3. The molecule has 4 aromatic rings. The third kappa shape index (κ3) is 7.28. The van der Waals surface area contributed by atoms with Crippen molar-refractivity contribution in [2.75, 3.05) is 57.0 Å². The number of carbonyl (C=O) groups excluding carboxylic acids is 1. The number of aryl methyl sites for hydroxylation is 2. The number of piperidine rings is 1. The van der Waals surface area contributed by atoms with Crippen molar-refractivity contribution in [3.63, 3.8) is 0 Å². The molecule has 1 amide bonds. The third-order valence-electron chi connectivity index (χ3n) is 9.03. The highest BCUT2D eigenvalue weighted by Crippen LogP contribution is 2.32. The number of thiophene rings is 1. The van der Waals surface area contributed by atoms with E-state index in [1.807, 2.05) is 27.0 Å². The molecule has 11 nitrogen and oxygen atoms in total. The Morgan fingerprint density at radius 3 is 2.61 bits per heavy atom. The van der Waals surface area contributed by atoms with E-state index in [1.165, 1.54) is 16.0 Å². The summed E-state index contributed by atoms with van der Waals surface area (Å²) in [7, 11) is 1.86. The maximum Gasteiger partial charge on any atom is 0.247 e. The molecule has 46 heavy (non-hydrogen) atoms. The van der Waals surface area contributed by atoms with Crippen LogP contribution in [0, 0.1) is 18.3 Å². The number of morpholine rings is 1. The van der Waals surface area contributed by atoms with Crippen molar-refractivity contribution in [1.29, 1.82) is 5.26 Å². The first-order valence-electron chi connectivity index (χ1n) is 16.5. The summed E-state index contributed by atoms with van der Waals surface area (Å²) in [5.74, 6) is 1.15. The predicted octanol–water partition coefficient (Wildman–Crippen LogP) is 4.72. The second-order valence-electron chi connectivity index (χ2n) is 11.8. The van der Waals surface area contributed by atoms with Crippen LogP contribution in [0.2, 0.25) is 0 Å². The van der Waals surface area contributed by atoms with Gasteiger partial charge in [-0.3, -0.25) is 14.6 Å². The number of nitriles is 1. The second-order valence-corrected chi connectivity index (χ2v) is 12.9. The van der Waals surface area contributed by atoms with Crippen molar-refractivity contribution < 1.29 is 9.53 Å². The summed E-state index contributed by atoms with van der Waals surface area (Å²) < 4.78 is 7.58. The molecule has 0 saturated carbocycles. The number of ether oxygens (including phenoxy) is 1. The number of nitrogens with two attached hydrogens (primary N) is 1. The standard InChI is InChI=1S/C32H41N9O2S.C2H6/c1-4-24-16-26-30(37-32(35-3)38-31(26)44-24)36-22-7-9-39(10-8-22)18-21-5-6-27-25(20(21)2)15-23(17-33)41(27)12-11-40-13-14-43-28(19-40)29(34)42;1-2/h5-6,15-16,22,28H,4,7-14,18-19H2,1-3H3,(H2,34,42)(H2,35,36,37,38);1-2H3. The molecule has 3 aromatic heterocycles. The fourth-order valence-electron chi connectivity index (χ4n) is 6.38. The molecular weight excluding hydrogens is 599 g/mol. The van der Waals surface area contributed by atoms with Crippen LogP contribution in [-0.4, -0.2) is 88.8 Å². The molecule has 1 unspecified atom stereocenters. The van der Waals surface area contributed by atoms with E-state index >= 15 is 0 Å². The van der Waals surface area contributed by atoms with Crippen LogP contribution >= 0.6 is 11.3 Å². The molecule has 12 heteroatoms. The zero-order chi connectivity index (χ0) is 32.8. The van der Waals surface area contributed by atoms with E-state index in [9.17, 15) is 10.1 Å². The van der Waals surface area contributed by atoms with Crippen LogP contribution in [0.1, 0.15) is 55.3 Å². The van der Waals surface area contributed by atoms with Crippen molar-refractivity contribution in [2.24, 2.45) is 5.73 Å². The highest BCUT2D eigenvalue weighted by molar-refractivity contribution is 7.18. The Morgan fingerprint density at radius 1 is 1.13 bits per heavy atom. The zero-order valence-electron chi connectivity index (χ0n) is 27.7. The van der Waals surface area contributed by atoms with Gasteiger partial charge in [0.05, 0.1) is 12.0 Å². The van der Waals surface area contributed by atoms with Gasteiger partial charge in [-0.2, -0.15) is 10.2 Å². The van der Waals surface area contributed by atoms with Crippen LogP contribution in [0.5, 0.6) is 0 Å². The number of fused-ring (bicyclic) bond motifs is 2. The topological polar surface area (TPSA) is 137 Å². The monoisotopic (exact) mass is 645 g/mol. The fraction of sp³-hybridized carbons (Fsp3) is 0.529. The molecule has 2 fully saturated rings. The van der Waals surface area contributed by atoms with Gasteiger partial charge in [0, 0.05) is 74.7 Å². The van der Waals surface area contributed by atoms with E-state index in [0.717, 1.165) is 78.9 Å². The van der Waals surface area contributed by atoms with E-state index in [0.29, 0.717) is 37.4 Å². The lowest BCUT2D eigenvalue weighted by Crippen LogP contribution is -2.49. The molecule has 2 saturated heterocycles. The number of hydrogen-bond donors (Lipinski definition) is 3. The Morgan fingerprint density at radius 2 is 1.91 bits per heavy atom. The lowest BCUT2D eigenvalue weighted by molar-refractivity contribution is -0.135. The van der Waals surface area contributed by atoms with Crippen molar-refractivity contribution in [3.05, 3.63) is 46.0 Å². The van der Waals surface area contributed by atoms with Gasteiger partial charge in [0.2, 0.25) is 11.9 Å². The number of aromatic nitrogens is 3. The molecule has 6 rings (SSSR count). The van der Waals surface area contributed by atoms with Crippen LogP contribution in [-0.2, 0) is 29.0 Å². The van der Waals surface area contributed by atoms with Crippen LogP contribution < -0.4 is 16.4 Å². The van der Waals surface area contributed by atoms with Crippen molar-refractivity contribution >= 4 is 50.1 Å². The molecule has 0 bridgehead atoms. The Kier molecular flexibility index (Phi) is 11.1. The highest BCUT2D eigenvalue weighted by atomic mass is 32.1. The van der Waals surface area contributed by atoms with Crippen LogP contribution in [0.15, 0.2) is 24.3 Å². The minimum atomic E-state index is -0.573. The normalized spacial score (nSPS) is 17.9. The molecule has 246 valence electrons. The number of amides is 1. The predicted molar refractivity (Wildman–Crippen MR) is 186 cm³/mol. The molecule has 5 heterocycles. The lowest BCUT2D eigenvalue weighted by Gasteiger charge is -2.33. The third-order valence-corrected chi connectivity index (χ3v) is 10.2. The van der Waals surface area contributed by atoms with E-state index in [-0.39, 0.29) is 0 Å². The van der Waals surface area contributed by atoms with Crippen molar-refractivity contribution in [1.82, 2.24) is 24.3 Å². The van der Waals surface area contributed by atoms with Gasteiger partial charge in [0.1, 0.15) is 28.5 Å². The van der Waals surface area contributed by atoms with Crippen LogP contribution in [0.4, 0.5) is 11.8 Å². The number of hydrogen-bond acceptors (Lipinski definition) is 10.